The molecule has 1 amide bonds. The molecule has 0 bridgehead atoms. The fraction of sp³-hybridized carbons (Fsp3) is 0.500. The van der Waals surface area contributed by atoms with Crippen molar-refractivity contribution >= 4 is 11.7 Å². The summed E-state index contributed by atoms with van der Waals surface area (Å²) in [6.07, 6.45) is 8.07. The number of ketones is 1. The Bertz CT molecular complexity index is 346. The lowest BCUT2D eigenvalue weighted by Gasteiger charge is -2.33. The average Bonchev–Trinajstić information content (AvgIpc) is 2.57. The fourth-order valence-corrected chi connectivity index (χ4v) is 2.47. The van der Waals surface area contributed by atoms with Gasteiger partial charge in [-0.2, -0.15) is 0 Å². The van der Waals surface area contributed by atoms with Crippen LogP contribution in [0.5, 0.6) is 0 Å². The highest BCUT2D eigenvalue weighted by Gasteiger charge is 2.50. The largest absolute Gasteiger partial charge is 0.315 e. The molecule has 1 spiro atoms. The summed E-state index contributed by atoms with van der Waals surface area (Å²) in [5, 5.41) is 0. The highest BCUT2D eigenvalue weighted by atomic mass is 16.2. The van der Waals surface area contributed by atoms with Crippen LogP contribution in [-0.2, 0) is 9.59 Å². The lowest BCUT2D eigenvalue weighted by Crippen LogP contribution is -2.46. The SMILES string of the molecule is C=CCN1C=CCC2(CCCC2=O)C1=O. The van der Waals surface area contributed by atoms with Crippen molar-refractivity contribution in [3.63, 3.8) is 0 Å². The molecule has 3 heteroatoms. The molecule has 1 aliphatic heterocycles. The third kappa shape index (κ3) is 1.42. The topological polar surface area (TPSA) is 37.4 Å². The van der Waals surface area contributed by atoms with Crippen molar-refractivity contribution in [3.8, 4) is 0 Å². The van der Waals surface area contributed by atoms with E-state index >= 15 is 0 Å². The van der Waals surface area contributed by atoms with E-state index in [9.17, 15) is 9.59 Å². The Balaban J connectivity index is 2.29. The second-order valence-corrected chi connectivity index (χ2v) is 4.19. The minimum absolute atomic E-state index is 0.0348. The van der Waals surface area contributed by atoms with Gasteiger partial charge in [0.1, 0.15) is 11.2 Å². The van der Waals surface area contributed by atoms with Gasteiger partial charge < -0.3 is 4.90 Å². The smallest absolute Gasteiger partial charge is 0.240 e. The van der Waals surface area contributed by atoms with Gasteiger partial charge in [-0.25, -0.2) is 0 Å². The maximum Gasteiger partial charge on any atom is 0.240 e. The summed E-state index contributed by atoms with van der Waals surface area (Å²) in [7, 11) is 0. The maximum absolute atomic E-state index is 12.2. The van der Waals surface area contributed by atoms with Crippen molar-refractivity contribution in [3.05, 3.63) is 24.9 Å². The second kappa shape index (κ2) is 3.65. The summed E-state index contributed by atoms with van der Waals surface area (Å²) in [6, 6.07) is 0. The van der Waals surface area contributed by atoms with Crippen LogP contribution in [-0.4, -0.2) is 23.1 Å². The lowest BCUT2D eigenvalue weighted by atomic mass is 9.79. The van der Waals surface area contributed by atoms with E-state index in [2.05, 4.69) is 6.58 Å². The Hall–Kier alpha value is -1.38. The minimum atomic E-state index is -0.724. The molecule has 1 atom stereocenters. The molecule has 0 saturated heterocycles. The normalized spacial score (nSPS) is 30.3. The monoisotopic (exact) mass is 205 g/mol. The Kier molecular flexibility index (Phi) is 2.47. The molecule has 2 rings (SSSR count). The molecule has 1 fully saturated rings. The van der Waals surface area contributed by atoms with Crippen LogP contribution in [0.4, 0.5) is 0 Å². The van der Waals surface area contributed by atoms with Crippen LogP contribution in [0, 0.1) is 5.41 Å². The summed E-state index contributed by atoms with van der Waals surface area (Å²) in [5.74, 6) is 0.0818. The van der Waals surface area contributed by atoms with Crippen molar-refractivity contribution < 1.29 is 9.59 Å². The van der Waals surface area contributed by atoms with E-state index in [0.717, 1.165) is 6.42 Å². The molecule has 1 aliphatic carbocycles. The van der Waals surface area contributed by atoms with Crippen LogP contribution in [0.15, 0.2) is 24.9 Å². The predicted molar refractivity (Wildman–Crippen MR) is 57.0 cm³/mol. The van der Waals surface area contributed by atoms with Gasteiger partial charge in [0.25, 0.3) is 0 Å². The number of hydrogen-bond acceptors (Lipinski definition) is 2. The Morgan fingerprint density at radius 3 is 2.93 bits per heavy atom. The quantitative estimate of drug-likeness (QED) is 0.508. The summed E-state index contributed by atoms with van der Waals surface area (Å²) >= 11 is 0. The van der Waals surface area contributed by atoms with E-state index in [0.29, 0.717) is 25.8 Å². The van der Waals surface area contributed by atoms with Crippen LogP contribution in [0.25, 0.3) is 0 Å². The van der Waals surface area contributed by atoms with Gasteiger partial charge in [0, 0.05) is 19.2 Å². The van der Waals surface area contributed by atoms with Crippen LogP contribution in [0.1, 0.15) is 25.7 Å². The summed E-state index contributed by atoms with van der Waals surface area (Å²) in [5.41, 5.74) is -0.724. The number of rotatable bonds is 2. The number of allylic oxidation sites excluding steroid dienone is 1. The molecular weight excluding hydrogens is 190 g/mol. The van der Waals surface area contributed by atoms with Crippen molar-refractivity contribution in [1.82, 2.24) is 4.90 Å². The van der Waals surface area contributed by atoms with Gasteiger partial charge in [0.15, 0.2) is 0 Å². The standard InChI is InChI=1S/C12H15NO2/c1-2-8-13-9-4-7-12(11(13)15)6-3-5-10(12)14/h2,4,9H,1,3,5-8H2. The van der Waals surface area contributed by atoms with E-state index in [1.54, 1.807) is 17.2 Å². The first kappa shape index (κ1) is 10.1. The van der Waals surface area contributed by atoms with Crippen LogP contribution >= 0.6 is 0 Å². The van der Waals surface area contributed by atoms with Gasteiger partial charge in [0.2, 0.25) is 5.91 Å². The molecule has 1 heterocycles. The van der Waals surface area contributed by atoms with Gasteiger partial charge in [-0.3, -0.25) is 9.59 Å². The second-order valence-electron chi connectivity index (χ2n) is 4.19. The highest BCUT2D eigenvalue weighted by Crippen LogP contribution is 2.42. The molecule has 0 aromatic rings. The van der Waals surface area contributed by atoms with Crippen molar-refractivity contribution in [2.24, 2.45) is 5.41 Å². The summed E-state index contributed by atoms with van der Waals surface area (Å²) in [4.78, 5) is 25.6. The number of hydrogen-bond donors (Lipinski definition) is 0. The molecule has 1 saturated carbocycles. The van der Waals surface area contributed by atoms with E-state index in [1.807, 2.05) is 6.08 Å². The first-order chi connectivity index (χ1) is 7.20. The Morgan fingerprint density at radius 1 is 1.53 bits per heavy atom. The van der Waals surface area contributed by atoms with E-state index < -0.39 is 5.41 Å². The zero-order valence-electron chi connectivity index (χ0n) is 8.74. The van der Waals surface area contributed by atoms with E-state index in [1.165, 1.54) is 0 Å². The number of nitrogens with zero attached hydrogens (tertiary/aromatic N) is 1. The molecule has 2 aliphatic rings. The zero-order valence-corrected chi connectivity index (χ0v) is 8.74. The maximum atomic E-state index is 12.2. The Labute approximate surface area is 89.4 Å². The molecule has 0 aromatic carbocycles. The molecule has 80 valence electrons. The number of amides is 1. The van der Waals surface area contributed by atoms with Crippen molar-refractivity contribution in [2.45, 2.75) is 25.7 Å². The third-order valence-electron chi connectivity index (χ3n) is 3.29. The molecule has 3 nitrogen and oxygen atoms in total. The Morgan fingerprint density at radius 2 is 2.33 bits per heavy atom. The molecule has 0 radical (unpaired) electrons. The number of carbonyl (C=O) groups is 2. The van der Waals surface area contributed by atoms with Crippen LogP contribution in [0.2, 0.25) is 0 Å². The number of Topliss-reactive ketones (excluding diaryl/α,β-unsaturated/α-hetero) is 1. The summed E-state index contributed by atoms with van der Waals surface area (Å²) < 4.78 is 0. The lowest BCUT2D eigenvalue weighted by molar-refractivity contribution is -0.146. The van der Waals surface area contributed by atoms with Gasteiger partial charge >= 0.3 is 0 Å². The molecule has 1 unspecified atom stereocenters. The molecule has 15 heavy (non-hydrogen) atoms. The molecule has 0 aromatic heterocycles. The molecular formula is C12H15NO2. The predicted octanol–water partition coefficient (Wildman–Crippen LogP) is 1.66. The van der Waals surface area contributed by atoms with Crippen molar-refractivity contribution in [1.29, 1.82) is 0 Å². The minimum Gasteiger partial charge on any atom is -0.315 e. The van der Waals surface area contributed by atoms with Gasteiger partial charge in [0.05, 0.1) is 0 Å². The first-order valence-corrected chi connectivity index (χ1v) is 5.33. The van der Waals surface area contributed by atoms with E-state index in [-0.39, 0.29) is 11.7 Å². The van der Waals surface area contributed by atoms with Gasteiger partial charge in [-0.15, -0.1) is 6.58 Å². The fourth-order valence-electron chi connectivity index (χ4n) is 2.47. The van der Waals surface area contributed by atoms with Gasteiger partial charge in [-0.1, -0.05) is 12.2 Å². The van der Waals surface area contributed by atoms with Crippen LogP contribution < -0.4 is 0 Å². The van der Waals surface area contributed by atoms with Crippen LogP contribution in [0.3, 0.4) is 0 Å². The zero-order chi connectivity index (χ0) is 10.9. The average molecular weight is 205 g/mol. The van der Waals surface area contributed by atoms with Gasteiger partial charge in [-0.05, 0) is 19.3 Å². The third-order valence-corrected chi connectivity index (χ3v) is 3.29. The first-order valence-electron chi connectivity index (χ1n) is 5.33. The summed E-state index contributed by atoms with van der Waals surface area (Å²) in [6.45, 7) is 4.10. The number of carbonyl (C=O) groups excluding carboxylic acids is 2. The van der Waals surface area contributed by atoms with Crippen molar-refractivity contribution in [2.75, 3.05) is 6.54 Å². The van der Waals surface area contributed by atoms with E-state index in [4.69, 9.17) is 0 Å². The highest BCUT2D eigenvalue weighted by molar-refractivity contribution is 6.08. The molecule has 0 N–H and O–H groups in total.